The highest BCUT2D eigenvalue weighted by Crippen LogP contribution is 2.42. The van der Waals surface area contributed by atoms with Crippen molar-refractivity contribution in [2.75, 3.05) is 6.61 Å². The van der Waals surface area contributed by atoms with E-state index in [0.29, 0.717) is 23.7 Å². The van der Waals surface area contributed by atoms with Crippen molar-refractivity contribution in [2.24, 2.45) is 0 Å². The van der Waals surface area contributed by atoms with Gasteiger partial charge < -0.3 is 9.47 Å². The zero-order valence-electron chi connectivity index (χ0n) is 22.0. The van der Waals surface area contributed by atoms with Crippen molar-refractivity contribution < 1.29 is 22.6 Å². The van der Waals surface area contributed by atoms with Crippen molar-refractivity contribution in [3.63, 3.8) is 0 Å². The molecule has 0 aliphatic heterocycles. The van der Waals surface area contributed by atoms with Gasteiger partial charge in [-0.15, -0.1) is 0 Å². The summed E-state index contributed by atoms with van der Waals surface area (Å²) in [7, 11) is -1.30. The molecule has 3 aromatic rings. The molecule has 1 aromatic carbocycles. The van der Waals surface area contributed by atoms with Crippen LogP contribution in [0.5, 0.6) is 5.88 Å². The van der Waals surface area contributed by atoms with Gasteiger partial charge in [0.05, 0.1) is 5.56 Å². The van der Waals surface area contributed by atoms with E-state index in [1.807, 2.05) is 6.07 Å². The average Bonchev–Trinajstić information content (AvgIpc) is 3.27. The summed E-state index contributed by atoms with van der Waals surface area (Å²) in [6.45, 7) is 8.91. The Morgan fingerprint density at radius 2 is 1.73 bits per heavy atom. The molecule has 9 heteroatoms. The third-order valence-corrected chi connectivity index (χ3v) is 8.58. The van der Waals surface area contributed by atoms with Crippen LogP contribution in [0.1, 0.15) is 48.3 Å². The SMILES string of the molecule is Cc1ccnc(OC2CCC(c3ccccc3)CC2)c1-c1nn(COCC[Si](C)(C)C)cc1C(F)(F)F. The Morgan fingerprint density at radius 1 is 1.03 bits per heavy atom. The van der Waals surface area contributed by atoms with Crippen LogP contribution in [0.15, 0.2) is 48.8 Å². The first-order valence-electron chi connectivity index (χ1n) is 12.9. The van der Waals surface area contributed by atoms with Gasteiger partial charge in [0.15, 0.2) is 0 Å². The lowest BCUT2D eigenvalue weighted by molar-refractivity contribution is -0.137. The van der Waals surface area contributed by atoms with E-state index in [0.717, 1.165) is 37.9 Å². The molecule has 2 aromatic heterocycles. The topological polar surface area (TPSA) is 49.2 Å². The molecule has 1 saturated carbocycles. The Hall–Kier alpha value is -2.65. The van der Waals surface area contributed by atoms with Crippen LogP contribution in [0.3, 0.4) is 0 Å². The second kappa shape index (κ2) is 11.4. The van der Waals surface area contributed by atoms with Crippen molar-refractivity contribution >= 4 is 8.07 Å². The lowest BCUT2D eigenvalue weighted by Crippen LogP contribution is -2.24. The number of aromatic nitrogens is 3. The van der Waals surface area contributed by atoms with Crippen LogP contribution in [0.2, 0.25) is 25.7 Å². The van der Waals surface area contributed by atoms with Crippen molar-refractivity contribution in [1.29, 1.82) is 0 Å². The fourth-order valence-corrected chi connectivity index (χ4v) is 5.48. The van der Waals surface area contributed by atoms with Gasteiger partial charge in [-0.05, 0) is 61.8 Å². The van der Waals surface area contributed by atoms with E-state index in [4.69, 9.17) is 9.47 Å². The Labute approximate surface area is 218 Å². The molecule has 0 N–H and O–H groups in total. The summed E-state index contributed by atoms with van der Waals surface area (Å²) >= 11 is 0. The number of hydrogen-bond donors (Lipinski definition) is 0. The minimum absolute atomic E-state index is 0.0352. The van der Waals surface area contributed by atoms with Crippen LogP contribution >= 0.6 is 0 Å². The van der Waals surface area contributed by atoms with Crippen molar-refractivity contribution in [3.05, 3.63) is 65.5 Å². The van der Waals surface area contributed by atoms with Crippen LogP contribution in [-0.2, 0) is 17.6 Å². The fourth-order valence-electron chi connectivity index (χ4n) is 4.72. The van der Waals surface area contributed by atoms with Gasteiger partial charge in [-0.25, -0.2) is 9.67 Å². The number of benzene rings is 1. The largest absolute Gasteiger partial charge is 0.474 e. The third kappa shape index (κ3) is 7.22. The van der Waals surface area contributed by atoms with E-state index in [9.17, 15) is 13.2 Å². The fraction of sp³-hybridized carbons (Fsp3) is 0.500. The maximum absolute atomic E-state index is 14.1. The highest BCUT2D eigenvalue weighted by Gasteiger charge is 2.38. The number of alkyl halides is 3. The molecule has 0 radical (unpaired) electrons. The highest BCUT2D eigenvalue weighted by atomic mass is 28.3. The molecule has 5 nitrogen and oxygen atoms in total. The number of ether oxygens (including phenoxy) is 2. The van der Waals surface area contributed by atoms with E-state index in [2.05, 4.69) is 54.0 Å². The lowest BCUT2D eigenvalue weighted by atomic mass is 9.83. The first-order valence-corrected chi connectivity index (χ1v) is 16.6. The van der Waals surface area contributed by atoms with Crippen LogP contribution in [-0.4, -0.2) is 35.5 Å². The lowest BCUT2D eigenvalue weighted by Gasteiger charge is -2.29. The molecule has 0 amide bonds. The minimum atomic E-state index is -4.57. The predicted octanol–water partition coefficient (Wildman–Crippen LogP) is 7.69. The summed E-state index contributed by atoms with van der Waals surface area (Å²) in [5.41, 5.74) is 1.27. The molecule has 2 heterocycles. The number of hydrogen-bond acceptors (Lipinski definition) is 4. The zero-order valence-corrected chi connectivity index (χ0v) is 23.0. The second-order valence-corrected chi connectivity index (χ2v) is 16.7. The Morgan fingerprint density at radius 3 is 2.38 bits per heavy atom. The standard InChI is InChI=1S/C28H36F3N3O2Si/c1-20-14-15-32-27(36-23-12-10-22(11-13-23)21-8-6-5-7-9-21)25(20)26-24(28(29,30)31)18-34(33-26)19-35-16-17-37(2,3)4/h5-9,14-15,18,22-23H,10-13,16-17,19H2,1-4H3. The summed E-state index contributed by atoms with van der Waals surface area (Å²) in [4.78, 5) is 4.36. The summed E-state index contributed by atoms with van der Waals surface area (Å²) < 4.78 is 55.4. The molecular weight excluding hydrogens is 495 g/mol. The van der Waals surface area contributed by atoms with Crippen molar-refractivity contribution in [3.8, 4) is 17.1 Å². The average molecular weight is 532 g/mol. The first kappa shape index (κ1) is 27.4. The summed E-state index contributed by atoms with van der Waals surface area (Å²) in [6, 6.07) is 13.0. The van der Waals surface area contributed by atoms with Gasteiger partial charge in [0, 0.05) is 27.1 Å². The molecule has 1 aliphatic rings. The van der Waals surface area contributed by atoms with E-state index in [-0.39, 0.29) is 24.4 Å². The van der Waals surface area contributed by atoms with Gasteiger partial charge in [-0.1, -0.05) is 50.0 Å². The van der Waals surface area contributed by atoms with E-state index >= 15 is 0 Å². The van der Waals surface area contributed by atoms with E-state index in [1.165, 1.54) is 10.2 Å². The third-order valence-electron chi connectivity index (χ3n) is 6.87. The molecule has 200 valence electrons. The predicted molar refractivity (Wildman–Crippen MR) is 141 cm³/mol. The molecule has 1 aliphatic carbocycles. The van der Waals surface area contributed by atoms with Gasteiger partial charge in [-0.3, -0.25) is 0 Å². The summed E-state index contributed by atoms with van der Waals surface area (Å²) in [5.74, 6) is 0.679. The zero-order chi connectivity index (χ0) is 26.6. The summed E-state index contributed by atoms with van der Waals surface area (Å²) in [6.07, 6.45) is 1.49. The van der Waals surface area contributed by atoms with Crippen LogP contribution in [0.4, 0.5) is 13.2 Å². The maximum atomic E-state index is 14.1. The molecule has 0 unspecified atom stereocenters. The molecular formula is C28H36F3N3O2Si. The minimum Gasteiger partial charge on any atom is -0.474 e. The summed E-state index contributed by atoms with van der Waals surface area (Å²) in [5, 5.41) is 4.31. The van der Waals surface area contributed by atoms with Gasteiger partial charge in [-0.2, -0.15) is 18.3 Å². The Balaban J connectivity index is 1.53. The van der Waals surface area contributed by atoms with Crippen LogP contribution in [0, 0.1) is 6.92 Å². The molecule has 1 fully saturated rings. The monoisotopic (exact) mass is 531 g/mol. The number of halogens is 3. The van der Waals surface area contributed by atoms with Crippen LogP contribution in [0.25, 0.3) is 11.3 Å². The highest BCUT2D eigenvalue weighted by molar-refractivity contribution is 6.76. The van der Waals surface area contributed by atoms with E-state index < -0.39 is 19.8 Å². The van der Waals surface area contributed by atoms with Gasteiger partial charge in [0.1, 0.15) is 24.1 Å². The van der Waals surface area contributed by atoms with Crippen molar-refractivity contribution in [1.82, 2.24) is 14.8 Å². The molecule has 0 bridgehead atoms. The van der Waals surface area contributed by atoms with Crippen LogP contribution < -0.4 is 4.74 Å². The van der Waals surface area contributed by atoms with Gasteiger partial charge in [0.25, 0.3) is 0 Å². The smallest absolute Gasteiger partial charge is 0.420 e. The second-order valence-electron chi connectivity index (χ2n) is 11.1. The number of aryl methyl sites for hydroxylation is 1. The molecule has 0 spiro atoms. The number of nitrogens with zero attached hydrogens (tertiary/aromatic N) is 3. The molecule has 37 heavy (non-hydrogen) atoms. The first-order chi connectivity index (χ1) is 17.5. The molecule has 0 atom stereocenters. The van der Waals surface area contributed by atoms with Crippen molar-refractivity contribution in [2.45, 2.75) is 83.2 Å². The number of rotatable bonds is 9. The maximum Gasteiger partial charge on any atom is 0.420 e. The molecule has 4 rings (SSSR count). The van der Waals surface area contributed by atoms with Gasteiger partial charge >= 0.3 is 6.18 Å². The van der Waals surface area contributed by atoms with E-state index in [1.54, 1.807) is 19.2 Å². The number of pyridine rings is 1. The normalized spacial score (nSPS) is 18.7. The Kier molecular flexibility index (Phi) is 8.43. The Bertz CT molecular complexity index is 1170. The quantitative estimate of drug-likeness (QED) is 0.210. The van der Waals surface area contributed by atoms with Gasteiger partial charge in [0.2, 0.25) is 5.88 Å². The molecule has 0 saturated heterocycles.